The number of amides is 2. The Balaban J connectivity index is 1.28. The Labute approximate surface area is 242 Å². The lowest BCUT2D eigenvalue weighted by atomic mass is 9.94. The van der Waals surface area contributed by atoms with E-state index >= 15 is 0 Å². The van der Waals surface area contributed by atoms with Crippen LogP contribution in [0.5, 0.6) is 0 Å². The minimum atomic E-state index is -0.988. The standard InChI is InChI=1S/C32H30N4O4S/c37-29-11-6-16-35(29)28-15-12-22(19-33-28)25-9-4-5-10-26(25)27-20-41-32(34-27)36(24-13-14-24)31(40)23(18-30(38)39)17-21-7-2-1-3-8-21/h1-5,7-10,12,15,19-20,23-24H,6,11,13-14,16-18H2,(H,38,39). The molecule has 1 saturated carbocycles. The zero-order chi connectivity index (χ0) is 28.3. The number of carboxylic acid groups (broad SMARTS) is 1. The zero-order valence-electron chi connectivity index (χ0n) is 22.5. The summed E-state index contributed by atoms with van der Waals surface area (Å²) in [5.41, 5.74) is 4.45. The first kappa shape index (κ1) is 26.8. The predicted molar refractivity (Wildman–Crippen MR) is 159 cm³/mol. The third-order valence-electron chi connectivity index (χ3n) is 7.55. The minimum absolute atomic E-state index is 0.0360. The van der Waals surface area contributed by atoms with Crippen molar-refractivity contribution < 1.29 is 19.5 Å². The molecule has 0 bridgehead atoms. The van der Waals surface area contributed by atoms with Crippen molar-refractivity contribution in [1.82, 2.24) is 9.97 Å². The van der Waals surface area contributed by atoms with E-state index in [0.717, 1.165) is 47.2 Å². The summed E-state index contributed by atoms with van der Waals surface area (Å²) in [6.07, 6.45) is 5.07. The topological polar surface area (TPSA) is 104 Å². The van der Waals surface area contributed by atoms with Crippen LogP contribution in [-0.4, -0.2) is 45.4 Å². The second-order valence-electron chi connectivity index (χ2n) is 10.5. The molecule has 9 heteroatoms. The summed E-state index contributed by atoms with van der Waals surface area (Å²) in [6.45, 7) is 0.693. The van der Waals surface area contributed by atoms with Gasteiger partial charge in [-0.05, 0) is 48.9 Å². The summed E-state index contributed by atoms with van der Waals surface area (Å²) >= 11 is 1.40. The molecule has 1 aliphatic carbocycles. The number of hydrogen-bond acceptors (Lipinski definition) is 6. The van der Waals surface area contributed by atoms with Gasteiger partial charge in [-0.3, -0.25) is 24.2 Å². The van der Waals surface area contributed by atoms with Crippen LogP contribution in [0.4, 0.5) is 10.9 Å². The van der Waals surface area contributed by atoms with Crippen molar-refractivity contribution in [1.29, 1.82) is 0 Å². The monoisotopic (exact) mass is 566 g/mol. The van der Waals surface area contributed by atoms with Crippen molar-refractivity contribution in [2.45, 2.75) is 44.6 Å². The molecular weight excluding hydrogens is 536 g/mol. The molecule has 1 aliphatic heterocycles. The molecule has 2 amide bonds. The Morgan fingerprint density at radius 3 is 2.44 bits per heavy atom. The molecule has 0 radical (unpaired) electrons. The molecule has 2 aromatic carbocycles. The smallest absolute Gasteiger partial charge is 0.304 e. The third kappa shape index (κ3) is 5.90. The largest absolute Gasteiger partial charge is 0.481 e. The highest BCUT2D eigenvalue weighted by Gasteiger charge is 2.39. The molecular formula is C32H30N4O4S. The number of rotatable bonds is 10. The molecule has 3 heterocycles. The predicted octanol–water partition coefficient (Wildman–Crippen LogP) is 5.83. The fourth-order valence-electron chi connectivity index (χ4n) is 5.37. The highest BCUT2D eigenvalue weighted by molar-refractivity contribution is 7.14. The van der Waals surface area contributed by atoms with E-state index in [1.54, 1.807) is 16.0 Å². The van der Waals surface area contributed by atoms with Crippen LogP contribution in [0, 0.1) is 5.92 Å². The van der Waals surface area contributed by atoms with Gasteiger partial charge in [0.1, 0.15) is 5.82 Å². The van der Waals surface area contributed by atoms with Crippen LogP contribution >= 0.6 is 11.3 Å². The summed E-state index contributed by atoms with van der Waals surface area (Å²) in [5.74, 6) is -1.09. The number of carbonyl (C=O) groups is 3. The van der Waals surface area contributed by atoms with E-state index in [9.17, 15) is 19.5 Å². The third-order valence-corrected chi connectivity index (χ3v) is 8.39. The first-order valence-electron chi connectivity index (χ1n) is 13.9. The Kier molecular flexibility index (Phi) is 7.61. The fraction of sp³-hybridized carbons (Fsp3) is 0.281. The van der Waals surface area contributed by atoms with Crippen LogP contribution in [0.15, 0.2) is 78.3 Å². The fourth-order valence-corrected chi connectivity index (χ4v) is 6.27. The summed E-state index contributed by atoms with van der Waals surface area (Å²) in [4.78, 5) is 50.6. The first-order valence-corrected chi connectivity index (χ1v) is 14.8. The molecule has 208 valence electrons. The number of carbonyl (C=O) groups excluding carboxylic acids is 2. The summed E-state index contributed by atoms with van der Waals surface area (Å²) in [5, 5.41) is 12.1. The first-order chi connectivity index (χ1) is 20.0. The molecule has 2 aliphatic rings. The van der Waals surface area contributed by atoms with Gasteiger partial charge in [0.25, 0.3) is 0 Å². The highest BCUT2D eigenvalue weighted by Crippen LogP contribution is 2.39. The number of aromatic nitrogens is 2. The second kappa shape index (κ2) is 11.6. The Bertz CT molecular complexity index is 1570. The van der Waals surface area contributed by atoms with Crippen molar-refractivity contribution in [2.24, 2.45) is 5.92 Å². The lowest BCUT2D eigenvalue weighted by Crippen LogP contribution is -2.39. The van der Waals surface area contributed by atoms with Crippen molar-refractivity contribution in [3.05, 3.63) is 83.9 Å². The van der Waals surface area contributed by atoms with Gasteiger partial charge in [0.05, 0.1) is 18.0 Å². The Morgan fingerprint density at radius 2 is 1.78 bits per heavy atom. The molecule has 2 fully saturated rings. The highest BCUT2D eigenvalue weighted by atomic mass is 32.1. The molecule has 6 rings (SSSR count). The summed E-state index contributed by atoms with van der Waals surface area (Å²) in [7, 11) is 0. The number of benzene rings is 2. The molecule has 0 spiro atoms. The maximum absolute atomic E-state index is 13.9. The normalized spacial score (nSPS) is 15.6. The van der Waals surface area contributed by atoms with Crippen molar-refractivity contribution >= 4 is 40.1 Å². The van der Waals surface area contributed by atoms with Gasteiger partial charge in [-0.15, -0.1) is 11.3 Å². The van der Waals surface area contributed by atoms with E-state index < -0.39 is 11.9 Å². The number of aliphatic carboxylic acids is 1. The Morgan fingerprint density at radius 1 is 1.02 bits per heavy atom. The molecule has 2 aromatic heterocycles. The van der Waals surface area contributed by atoms with Gasteiger partial charge in [0.15, 0.2) is 5.13 Å². The molecule has 1 atom stereocenters. The molecule has 41 heavy (non-hydrogen) atoms. The number of pyridine rings is 1. The summed E-state index contributed by atoms with van der Waals surface area (Å²) in [6, 6.07) is 21.4. The van der Waals surface area contributed by atoms with Crippen molar-refractivity contribution in [3.63, 3.8) is 0 Å². The van der Waals surface area contributed by atoms with Gasteiger partial charge in [-0.2, -0.15) is 0 Å². The van der Waals surface area contributed by atoms with Gasteiger partial charge in [-0.25, -0.2) is 9.97 Å². The molecule has 4 aromatic rings. The van der Waals surface area contributed by atoms with E-state index in [4.69, 9.17) is 4.98 Å². The van der Waals surface area contributed by atoms with E-state index in [1.807, 2.05) is 72.1 Å². The molecule has 8 nitrogen and oxygen atoms in total. The van der Waals surface area contributed by atoms with Crippen LogP contribution in [0.3, 0.4) is 0 Å². The molecule has 1 saturated heterocycles. The minimum Gasteiger partial charge on any atom is -0.481 e. The van der Waals surface area contributed by atoms with Gasteiger partial charge >= 0.3 is 5.97 Å². The van der Waals surface area contributed by atoms with Gasteiger partial charge in [0, 0.05) is 41.7 Å². The average molecular weight is 567 g/mol. The van der Waals surface area contributed by atoms with Gasteiger partial charge in [0.2, 0.25) is 11.8 Å². The number of thiazole rings is 1. The maximum Gasteiger partial charge on any atom is 0.304 e. The number of nitrogens with zero attached hydrogens (tertiary/aromatic N) is 4. The van der Waals surface area contributed by atoms with E-state index in [0.29, 0.717) is 30.3 Å². The number of anilines is 2. The maximum atomic E-state index is 13.9. The summed E-state index contributed by atoms with van der Waals surface area (Å²) < 4.78 is 0. The SMILES string of the molecule is O=C(O)CC(Cc1ccccc1)C(=O)N(c1nc(-c2ccccc2-c2ccc(N3CCCC3=O)nc2)cs1)C1CC1. The van der Waals surface area contributed by atoms with Crippen molar-refractivity contribution in [2.75, 3.05) is 16.3 Å². The lowest BCUT2D eigenvalue weighted by Gasteiger charge is -2.25. The molecule has 1 unspecified atom stereocenters. The number of hydrogen-bond donors (Lipinski definition) is 1. The van der Waals surface area contributed by atoms with Crippen LogP contribution in [-0.2, 0) is 20.8 Å². The quantitative estimate of drug-likeness (QED) is 0.259. The van der Waals surface area contributed by atoms with Gasteiger partial charge in [-0.1, -0.05) is 54.6 Å². The van der Waals surface area contributed by atoms with E-state index in [-0.39, 0.29) is 24.3 Å². The zero-order valence-corrected chi connectivity index (χ0v) is 23.3. The van der Waals surface area contributed by atoms with Gasteiger partial charge < -0.3 is 5.11 Å². The van der Waals surface area contributed by atoms with Crippen molar-refractivity contribution in [3.8, 4) is 22.4 Å². The Hall–Kier alpha value is -4.37. The van der Waals surface area contributed by atoms with E-state index in [1.165, 1.54) is 11.3 Å². The average Bonchev–Trinajstić information content (AvgIpc) is 3.53. The lowest BCUT2D eigenvalue weighted by molar-refractivity contribution is -0.140. The second-order valence-corrected chi connectivity index (χ2v) is 11.4. The number of carboxylic acids is 1. The molecule has 1 N–H and O–H groups in total. The van der Waals surface area contributed by atoms with Crippen LogP contribution in [0.2, 0.25) is 0 Å². The van der Waals surface area contributed by atoms with Crippen LogP contribution in [0.25, 0.3) is 22.4 Å². The van der Waals surface area contributed by atoms with E-state index in [2.05, 4.69) is 4.98 Å². The van der Waals surface area contributed by atoms with Crippen LogP contribution in [0.1, 0.15) is 37.7 Å². The van der Waals surface area contributed by atoms with Crippen LogP contribution < -0.4 is 9.80 Å².